The summed E-state index contributed by atoms with van der Waals surface area (Å²) in [5.74, 6) is -6.88. The molecule has 0 saturated carbocycles. The van der Waals surface area contributed by atoms with Gasteiger partial charge in [-0.3, -0.25) is 9.00 Å². The molecule has 1 N–H and O–H groups in total. The van der Waals surface area contributed by atoms with Crippen LogP contribution in [0.4, 0.5) is 22.0 Å². The average Bonchev–Trinajstić information content (AvgIpc) is 2.69. The summed E-state index contributed by atoms with van der Waals surface area (Å²) >= 11 is 17.9. The Labute approximate surface area is 217 Å². The molecule has 0 bridgehead atoms. The lowest BCUT2D eigenvalue weighted by Gasteiger charge is -2.22. The standard InChI is InChI=1S/C23H21Cl3F5NO2S/c1-13(11-35(34)12-23(29,30)31)32-21(33)15-6-3-14(4-7-15)5-8-17(22(2,27)28)16-9-18(24)20(26)19(25)10-16/h3-10,13,17H,11-12H2,1-2H3,(H,32,33)/b8-5+/t13-,17?,35?/m1/s1. The zero-order valence-corrected chi connectivity index (χ0v) is 21.5. The van der Waals surface area contributed by atoms with Crippen molar-refractivity contribution in [3.8, 4) is 0 Å². The Morgan fingerprint density at radius 1 is 1.06 bits per heavy atom. The maximum absolute atomic E-state index is 14.3. The van der Waals surface area contributed by atoms with Gasteiger partial charge in [0, 0.05) is 35.1 Å². The van der Waals surface area contributed by atoms with E-state index in [-0.39, 0.29) is 31.9 Å². The van der Waals surface area contributed by atoms with Crippen LogP contribution in [0.15, 0.2) is 42.5 Å². The van der Waals surface area contributed by atoms with Crippen LogP contribution in [0.5, 0.6) is 0 Å². The molecule has 0 aliphatic carbocycles. The van der Waals surface area contributed by atoms with Crippen molar-refractivity contribution in [2.24, 2.45) is 0 Å². The summed E-state index contributed by atoms with van der Waals surface area (Å²) in [7, 11) is -2.17. The SMILES string of the molecule is C[C@H](CS(=O)CC(F)(F)F)NC(=O)c1ccc(/C=C/C(c2cc(Cl)c(Cl)c(Cl)c2)C(C)(F)F)cc1. The molecule has 192 valence electrons. The lowest BCUT2D eigenvalue weighted by Crippen LogP contribution is -2.37. The Morgan fingerprint density at radius 2 is 1.60 bits per heavy atom. The van der Waals surface area contributed by atoms with Crippen LogP contribution >= 0.6 is 34.8 Å². The van der Waals surface area contributed by atoms with E-state index in [4.69, 9.17) is 34.8 Å². The molecule has 3 nitrogen and oxygen atoms in total. The van der Waals surface area contributed by atoms with Crippen molar-refractivity contribution in [1.82, 2.24) is 5.32 Å². The summed E-state index contributed by atoms with van der Waals surface area (Å²) in [6.45, 7) is 2.21. The Hall–Kier alpha value is -1.68. The number of alkyl halides is 5. The van der Waals surface area contributed by atoms with E-state index in [0.29, 0.717) is 5.56 Å². The van der Waals surface area contributed by atoms with Crippen LogP contribution in [0.25, 0.3) is 6.08 Å². The Bertz CT molecular complexity index is 1080. The molecule has 0 saturated heterocycles. The highest BCUT2D eigenvalue weighted by molar-refractivity contribution is 7.85. The normalized spacial score (nSPS) is 15.1. The third kappa shape index (κ3) is 9.37. The van der Waals surface area contributed by atoms with Crippen LogP contribution in [0.1, 0.15) is 41.3 Å². The first-order chi connectivity index (χ1) is 16.1. The van der Waals surface area contributed by atoms with Crippen LogP contribution in [0, 0.1) is 0 Å². The predicted octanol–water partition coefficient (Wildman–Crippen LogP) is 7.53. The smallest absolute Gasteiger partial charge is 0.349 e. The third-order valence-electron chi connectivity index (χ3n) is 4.70. The van der Waals surface area contributed by atoms with E-state index >= 15 is 0 Å². The van der Waals surface area contributed by atoms with E-state index in [9.17, 15) is 31.0 Å². The minimum absolute atomic E-state index is 0.0450. The lowest BCUT2D eigenvalue weighted by molar-refractivity contribution is -0.105. The molecule has 2 aromatic carbocycles. The van der Waals surface area contributed by atoms with Gasteiger partial charge in [0.2, 0.25) is 0 Å². The maximum Gasteiger partial charge on any atom is 0.400 e. The molecule has 12 heteroatoms. The Kier molecular flexibility index (Phi) is 10.2. The fraction of sp³-hybridized carbons (Fsp3) is 0.348. The summed E-state index contributed by atoms with van der Waals surface area (Å²) in [6, 6.07) is 7.79. The van der Waals surface area contributed by atoms with Crippen LogP contribution in [0.2, 0.25) is 15.1 Å². The summed E-state index contributed by atoms with van der Waals surface area (Å²) in [5, 5.41) is 2.64. The minimum atomic E-state index is -4.55. The summed E-state index contributed by atoms with van der Waals surface area (Å²) in [4.78, 5) is 12.3. The molecule has 2 aromatic rings. The number of hydrogen-bond donors (Lipinski definition) is 1. The number of allylic oxidation sites excluding steroid dienone is 1. The number of hydrogen-bond acceptors (Lipinski definition) is 2. The van der Waals surface area contributed by atoms with Gasteiger partial charge in [0.1, 0.15) is 5.75 Å². The van der Waals surface area contributed by atoms with Gasteiger partial charge in [0.15, 0.2) is 0 Å². The third-order valence-corrected chi connectivity index (χ3v) is 7.42. The van der Waals surface area contributed by atoms with Crippen LogP contribution in [-0.2, 0) is 10.8 Å². The van der Waals surface area contributed by atoms with Crippen LogP contribution in [0.3, 0.4) is 0 Å². The molecule has 0 radical (unpaired) electrons. The number of halogens is 8. The molecule has 1 amide bonds. The first kappa shape index (κ1) is 29.5. The van der Waals surface area contributed by atoms with Crippen molar-refractivity contribution in [3.05, 3.63) is 74.2 Å². The molecule has 0 aliphatic heterocycles. The molecule has 0 aromatic heterocycles. The van der Waals surface area contributed by atoms with Crippen LogP contribution < -0.4 is 5.32 Å². The van der Waals surface area contributed by atoms with Crippen molar-refractivity contribution >= 4 is 57.6 Å². The van der Waals surface area contributed by atoms with Gasteiger partial charge in [-0.2, -0.15) is 13.2 Å². The van der Waals surface area contributed by atoms with E-state index in [0.717, 1.165) is 6.92 Å². The van der Waals surface area contributed by atoms with Gasteiger partial charge in [-0.1, -0.05) is 59.1 Å². The maximum atomic E-state index is 14.3. The second-order valence-electron chi connectivity index (χ2n) is 7.95. The highest BCUT2D eigenvalue weighted by Gasteiger charge is 2.34. The molecule has 0 heterocycles. The highest BCUT2D eigenvalue weighted by Crippen LogP contribution is 2.40. The van der Waals surface area contributed by atoms with E-state index in [1.165, 1.54) is 55.5 Å². The van der Waals surface area contributed by atoms with E-state index < -0.39 is 46.5 Å². The fourth-order valence-corrected chi connectivity index (χ4v) is 4.89. The molecule has 3 atom stereocenters. The first-order valence-corrected chi connectivity index (χ1v) is 12.7. The monoisotopic (exact) mass is 575 g/mol. The van der Waals surface area contributed by atoms with Gasteiger partial charge in [0.25, 0.3) is 11.8 Å². The Morgan fingerprint density at radius 3 is 2.09 bits per heavy atom. The number of carbonyl (C=O) groups excluding carboxylic acids is 1. The molecule has 35 heavy (non-hydrogen) atoms. The molecular weight excluding hydrogens is 556 g/mol. The second-order valence-corrected chi connectivity index (χ2v) is 10.6. The molecule has 0 spiro atoms. The topological polar surface area (TPSA) is 46.2 Å². The molecular formula is C23H21Cl3F5NO2S. The fourth-order valence-electron chi connectivity index (χ4n) is 3.15. The summed E-state index contributed by atoms with van der Waals surface area (Å²) in [6.07, 6.45) is -1.82. The van der Waals surface area contributed by atoms with E-state index in [1.807, 2.05) is 0 Å². The molecule has 2 unspecified atom stereocenters. The van der Waals surface area contributed by atoms with Gasteiger partial charge in [-0.25, -0.2) is 8.78 Å². The number of carbonyl (C=O) groups is 1. The lowest BCUT2D eigenvalue weighted by atomic mass is 9.92. The number of rotatable bonds is 9. The van der Waals surface area contributed by atoms with Crippen molar-refractivity contribution in [1.29, 1.82) is 0 Å². The number of benzene rings is 2. The summed E-state index contributed by atoms with van der Waals surface area (Å²) in [5.41, 5.74) is 0.881. The van der Waals surface area contributed by atoms with Gasteiger partial charge in [-0.05, 0) is 42.3 Å². The zero-order valence-electron chi connectivity index (χ0n) is 18.4. The number of amides is 1. The van der Waals surface area contributed by atoms with Crippen molar-refractivity contribution < 1.29 is 31.0 Å². The van der Waals surface area contributed by atoms with Gasteiger partial charge in [-0.15, -0.1) is 0 Å². The predicted molar refractivity (Wildman–Crippen MR) is 131 cm³/mol. The highest BCUT2D eigenvalue weighted by atomic mass is 35.5. The van der Waals surface area contributed by atoms with Gasteiger partial charge >= 0.3 is 6.18 Å². The zero-order chi connectivity index (χ0) is 26.6. The average molecular weight is 577 g/mol. The van der Waals surface area contributed by atoms with Crippen molar-refractivity contribution in [2.75, 3.05) is 11.5 Å². The number of nitrogens with one attached hydrogen (secondary N) is 1. The van der Waals surface area contributed by atoms with Crippen molar-refractivity contribution in [2.45, 2.75) is 37.9 Å². The largest absolute Gasteiger partial charge is 0.400 e. The molecule has 0 fully saturated rings. The van der Waals surface area contributed by atoms with E-state index in [2.05, 4.69) is 5.32 Å². The molecule has 2 rings (SSSR count). The van der Waals surface area contributed by atoms with Gasteiger partial charge < -0.3 is 5.32 Å². The first-order valence-electron chi connectivity index (χ1n) is 10.1. The minimum Gasteiger partial charge on any atom is -0.349 e. The second kappa shape index (κ2) is 12.0. The van der Waals surface area contributed by atoms with Gasteiger partial charge in [0.05, 0.1) is 21.0 Å². The Balaban J connectivity index is 2.10. The molecule has 0 aliphatic rings. The quantitative estimate of drug-likeness (QED) is 0.248. The van der Waals surface area contributed by atoms with Crippen LogP contribution in [-0.4, -0.2) is 39.8 Å². The van der Waals surface area contributed by atoms with E-state index in [1.54, 1.807) is 0 Å². The summed E-state index contributed by atoms with van der Waals surface area (Å²) < 4.78 is 77.1. The van der Waals surface area contributed by atoms with Crippen molar-refractivity contribution in [3.63, 3.8) is 0 Å².